The van der Waals surface area contributed by atoms with E-state index in [1.54, 1.807) is 0 Å². The van der Waals surface area contributed by atoms with Crippen LogP contribution in [-0.4, -0.2) is 13.2 Å². The van der Waals surface area contributed by atoms with Crippen LogP contribution in [0.15, 0.2) is 11.1 Å². The SMILES string of the molecule is C[C@H]1CC[C@]2(C)C3=C(CCC2C1)C1COC[C@@]1(C)CC3. The Morgan fingerprint density at radius 1 is 1.10 bits per heavy atom. The summed E-state index contributed by atoms with van der Waals surface area (Å²) in [6.45, 7) is 9.56. The maximum Gasteiger partial charge on any atom is 0.0537 e. The lowest BCUT2D eigenvalue weighted by molar-refractivity contribution is 0.0793. The fraction of sp³-hybridized carbons (Fsp3) is 0.895. The predicted molar refractivity (Wildman–Crippen MR) is 82.5 cm³/mol. The Kier molecular flexibility index (Phi) is 2.91. The first kappa shape index (κ1) is 13.4. The van der Waals surface area contributed by atoms with E-state index in [0.717, 1.165) is 31.0 Å². The van der Waals surface area contributed by atoms with Gasteiger partial charge in [0.05, 0.1) is 13.2 Å². The second kappa shape index (κ2) is 4.35. The van der Waals surface area contributed by atoms with E-state index in [0.29, 0.717) is 10.8 Å². The normalized spacial score (nSPS) is 51.5. The van der Waals surface area contributed by atoms with Gasteiger partial charge < -0.3 is 4.74 Å². The molecule has 2 fully saturated rings. The Morgan fingerprint density at radius 2 is 1.95 bits per heavy atom. The summed E-state index contributed by atoms with van der Waals surface area (Å²) in [4.78, 5) is 0. The van der Waals surface area contributed by atoms with Gasteiger partial charge in [0.2, 0.25) is 0 Å². The zero-order valence-electron chi connectivity index (χ0n) is 13.5. The van der Waals surface area contributed by atoms with Crippen molar-refractivity contribution in [2.45, 2.75) is 65.7 Å². The van der Waals surface area contributed by atoms with E-state index in [1.807, 2.05) is 11.1 Å². The molecular weight excluding hydrogens is 244 g/mol. The molecule has 1 saturated heterocycles. The van der Waals surface area contributed by atoms with Gasteiger partial charge in [0.25, 0.3) is 0 Å². The van der Waals surface area contributed by atoms with Crippen LogP contribution in [0.2, 0.25) is 0 Å². The highest BCUT2D eigenvalue weighted by molar-refractivity contribution is 5.33. The van der Waals surface area contributed by atoms with Crippen LogP contribution in [-0.2, 0) is 4.74 Å². The van der Waals surface area contributed by atoms with Crippen molar-refractivity contribution >= 4 is 0 Å². The van der Waals surface area contributed by atoms with Crippen molar-refractivity contribution in [3.05, 3.63) is 11.1 Å². The van der Waals surface area contributed by atoms with Crippen LogP contribution in [0.3, 0.4) is 0 Å². The summed E-state index contributed by atoms with van der Waals surface area (Å²) in [5.74, 6) is 2.68. The summed E-state index contributed by atoms with van der Waals surface area (Å²) in [5.41, 5.74) is 4.76. The molecular formula is C19H30O. The van der Waals surface area contributed by atoms with Crippen molar-refractivity contribution < 1.29 is 4.74 Å². The molecule has 1 aliphatic heterocycles. The molecule has 0 aromatic carbocycles. The molecule has 3 aliphatic carbocycles. The molecule has 112 valence electrons. The molecule has 20 heavy (non-hydrogen) atoms. The molecule has 4 aliphatic rings. The van der Waals surface area contributed by atoms with Gasteiger partial charge in [0.1, 0.15) is 0 Å². The fourth-order valence-corrected chi connectivity index (χ4v) is 6.02. The van der Waals surface area contributed by atoms with Crippen molar-refractivity contribution in [3.63, 3.8) is 0 Å². The van der Waals surface area contributed by atoms with Gasteiger partial charge in [-0.25, -0.2) is 0 Å². The molecule has 0 bridgehead atoms. The molecule has 0 aromatic heterocycles. The lowest BCUT2D eigenvalue weighted by Crippen LogP contribution is -2.43. The Labute approximate surface area is 124 Å². The molecule has 0 aromatic rings. The Balaban J connectivity index is 1.73. The standard InChI is InChI=1S/C19H30O/c1-13-6-9-19(3)14(10-13)4-5-15-16(19)7-8-18(2)12-20-11-17(15)18/h13-14,17H,4-12H2,1-3H3/t13-,14?,17?,18+,19-/m0/s1. The lowest BCUT2D eigenvalue weighted by atomic mass is 9.51. The second-order valence-electron chi connectivity index (χ2n) is 8.76. The zero-order valence-corrected chi connectivity index (χ0v) is 13.5. The Bertz CT molecular complexity index is 451. The summed E-state index contributed by atoms with van der Waals surface area (Å²) < 4.78 is 5.90. The number of hydrogen-bond acceptors (Lipinski definition) is 1. The monoisotopic (exact) mass is 274 g/mol. The van der Waals surface area contributed by atoms with Crippen molar-refractivity contribution in [2.24, 2.45) is 28.6 Å². The van der Waals surface area contributed by atoms with Crippen molar-refractivity contribution in [1.82, 2.24) is 0 Å². The van der Waals surface area contributed by atoms with Crippen molar-refractivity contribution in [2.75, 3.05) is 13.2 Å². The third-order valence-corrected chi connectivity index (χ3v) is 7.51. The van der Waals surface area contributed by atoms with Crippen LogP contribution in [0.25, 0.3) is 0 Å². The lowest BCUT2D eigenvalue weighted by Gasteiger charge is -2.53. The first-order valence-electron chi connectivity index (χ1n) is 8.83. The first-order valence-corrected chi connectivity index (χ1v) is 8.83. The van der Waals surface area contributed by atoms with Gasteiger partial charge in [-0.15, -0.1) is 0 Å². The van der Waals surface area contributed by atoms with E-state index in [1.165, 1.54) is 44.9 Å². The van der Waals surface area contributed by atoms with Crippen LogP contribution >= 0.6 is 0 Å². The number of hydrogen-bond donors (Lipinski definition) is 0. The smallest absolute Gasteiger partial charge is 0.0537 e. The Hall–Kier alpha value is -0.300. The van der Waals surface area contributed by atoms with Gasteiger partial charge >= 0.3 is 0 Å². The van der Waals surface area contributed by atoms with Crippen LogP contribution in [0.5, 0.6) is 0 Å². The number of allylic oxidation sites excluding steroid dienone is 1. The van der Waals surface area contributed by atoms with Gasteiger partial charge in [-0.3, -0.25) is 0 Å². The van der Waals surface area contributed by atoms with Crippen LogP contribution in [0.1, 0.15) is 65.7 Å². The van der Waals surface area contributed by atoms with Crippen LogP contribution in [0.4, 0.5) is 0 Å². The summed E-state index contributed by atoms with van der Waals surface area (Å²) in [6.07, 6.45) is 9.94. The molecule has 0 amide bonds. The number of rotatable bonds is 0. The molecule has 0 N–H and O–H groups in total. The van der Waals surface area contributed by atoms with Crippen molar-refractivity contribution in [1.29, 1.82) is 0 Å². The molecule has 1 saturated carbocycles. The average Bonchev–Trinajstić information content (AvgIpc) is 2.81. The maximum absolute atomic E-state index is 5.90. The number of ether oxygens (including phenoxy) is 1. The topological polar surface area (TPSA) is 9.23 Å². The Morgan fingerprint density at radius 3 is 2.80 bits per heavy atom. The van der Waals surface area contributed by atoms with E-state index in [9.17, 15) is 0 Å². The molecule has 5 atom stereocenters. The van der Waals surface area contributed by atoms with E-state index < -0.39 is 0 Å². The molecule has 0 radical (unpaired) electrons. The van der Waals surface area contributed by atoms with Gasteiger partial charge in [-0.1, -0.05) is 31.9 Å². The van der Waals surface area contributed by atoms with Gasteiger partial charge in [-0.05, 0) is 67.6 Å². The summed E-state index contributed by atoms with van der Waals surface area (Å²) in [7, 11) is 0. The largest absolute Gasteiger partial charge is 0.380 e. The van der Waals surface area contributed by atoms with Crippen LogP contribution < -0.4 is 0 Å². The van der Waals surface area contributed by atoms with Crippen LogP contribution in [0, 0.1) is 28.6 Å². The minimum Gasteiger partial charge on any atom is -0.380 e. The first-order chi connectivity index (χ1) is 9.53. The zero-order chi connectivity index (χ0) is 14.0. The predicted octanol–water partition coefficient (Wildman–Crippen LogP) is 4.97. The summed E-state index contributed by atoms with van der Waals surface area (Å²) in [5, 5.41) is 0. The van der Waals surface area contributed by atoms with Gasteiger partial charge in [-0.2, -0.15) is 0 Å². The maximum atomic E-state index is 5.90. The average molecular weight is 274 g/mol. The third kappa shape index (κ3) is 1.71. The minimum atomic E-state index is 0.462. The van der Waals surface area contributed by atoms with E-state index in [-0.39, 0.29) is 0 Å². The third-order valence-electron chi connectivity index (χ3n) is 7.51. The van der Waals surface area contributed by atoms with Gasteiger partial charge in [0.15, 0.2) is 0 Å². The van der Waals surface area contributed by atoms with E-state index in [4.69, 9.17) is 4.74 Å². The quantitative estimate of drug-likeness (QED) is 0.567. The highest BCUT2D eigenvalue weighted by Gasteiger charge is 2.52. The molecule has 1 heterocycles. The van der Waals surface area contributed by atoms with Gasteiger partial charge in [0, 0.05) is 5.92 Å². The second-order valence-corrected chi connectivity index (χ2v) is 8.76. The summed E-state index contributed by atoms with van der Waals surface area (Å²) in [6, 6.07) is 0. The molecule has 2 unspecified atom stereocenters. The van der Waals surface area contributed by atoms with Crippen molar-refractivity contribution in [3.8, 4) is 0 Å². The fourth-order valence-electron chi connectivity index (χ4n) is 6.02. The minimum absolute atomic E-state index is 0.462. The highest BCUT2D eigenvalue weighted by atomic mass is 16.5. The molecule has 4 rings (SSSR count). The molecule has 1 nitrogen and oxygen atoms in total. The molecule has 0 spiro atoms. The summed E-state index contributed by atoms with van der Waals surface area (Å²) >= 11 is 0. The molecule has 1 heteroatoms. The van der Waals surface area contributed by atoms with E-state index in [2.05, 4.69) is 20.8 Å². The number of fused-ring (bicyclic) bond motifs is 4. The highest BCUT2D eigenvalue weighted by Crippen LogP contribution is 2.61. The van der Waals surface area contributed by atoms with E-state index >= 15 is 0 Å².